The highest BCUT2D eigenvalue weighted by atomic mass is 16.2. The van der Waals surface area contributed by atoms with Gasteiger partial charge < -0.3 is 11.1 Å². The van der Waals surface area contributed by atoms with Crippen LogP contribution in [-0.2, 0) is 19.4 Å². The van der Waals surface area contributed by atoms with Gasteiger partial charge in [0, 0.05) is 18.8 Å². The van der Waals surface area contributed by atoms with Gasteiger partial charge in [-0.2, -0.15) is 5.10 Å². The number of anilines is 1. The van der Waals surface area contributed by atoms with Crippen LogP contribution in [0.4, 0.5) is 5.69 Å². The third kappa shape index (κ3) is 2.27. The van der Waals surface area contributed by atoms with E-state index in [0.29, 0.717) is 17.9 Å². The Bertz CT molecular complexity index is 622. The van der Waals surface area contributed by atoms with E-state index in [4.69, 9.17) is 5.73 Å². The van der Waals surface area contributed by atoms with E-state index in [1.54, 1.807) is 10.9 Å². The molecule has 0 unspecified atom stereocenters. The summed E-state index contributed by atoms with van der Waals surface area (Å²) in [5, 5.41) is 7.22. The average Bonchev–Trinajstić information content (AvgIpc) is 3.01. The number of nitrogens with one attached hydrogen (secondary N) is 1. The summed E-state index contributed by atoms with van der Waals surface area (Å²) in [5.41, 5.74) is 9.20. The third-order valence-corrected chi connectivity index (χ3v) is 3.72. The first-order chi connectivity index (χ1) is 9.67. The number of nitrogen functional groups attached to an aromatic ring is 1. The molecule has 1 aliphatic carbocycles. The van der Waals surface area contributed by atoms with E-state index in [-0.39, 0.29) is 11.9 Å². The summed E-state index contributed by atoms with van der Waals surface area (Å²) in [4.78, 5) is 12.2. The van der Waals surface area contributed by atoms with Gasteiger partial charge in [-0.1, -0.05) is 24.3 Å². The van der Waals surface area contributed by atoms with E-state index in [2.05, 4.69) is 22.5 Å². The second-order valence-corrected chi connectivity index (χ2v) is 5.14. The van der Waals surface area contributed by atoms with Crippen molar-refractivity contribution in [3.8, 4) is 0 Å². The number of aromatic nitrogens is 2. The lowest BCUT2D eigenvalue weighted by Gasteiger charge is -2.10. The van der Waals surface area contributed by atoms with Crippen LogP contribution in [-0.4, -0.2) is 21.7 Å². The normalized spacial score (nSPS) is 14.2. The van der Waals surface area contributed by atoms with E-state index in [1.807, 2.05) is 19.1 Å². The topological polar surface area (TPSA) is 72.9 Å². The molecular weight excluding hydrogens is 252 g/mol. The molecule has 0 saturated carbocycles. The number of nitrogens with zero attached hydrogens (tertiary/aromatic N) is 2. The van der Waals surface area contributed by atoms with Crippen LogP contribution in [0, 0.1) is 0 Å². The van der Waals surface area contributed by atoms with Crippen LogP contribution < -0.4 is 11.1 Å². The second-order valence-electron chi connectivity index (χ2n) is 5.14. The fourth-order valence-corrected chi connectivity index (χ4v) is 2.69. The molecule has 0 bridgehead atoms. The molecule has 3 rings (SSSR count). The molecule has 1 aliphatic rings. The van der Waals surface area contributed by atoms with Crippen molar-refractivity contribution in [1.82, 2.24) is 15.1 Å². The summed E-state index contributed by atoms with van der Waals surface area (Å²) in [7, 11) is 0. The Hall–Kier alpha value is -2.30. The Morgan fingerprint density at radius 1 is 1.40 bits per heavy atom. The number of aryl methyl sites for hydroxylation is 1. The SMILES string of the molecule is CCn1cc(N)c(C(=O)NC2Cc3ccccc3C2)n1. The first-order valence-corrected chi connectivity index (χ1v) is 6.88. The maximum atomic E-state index is 12.2. The van der Waals surface area contributed by atoms with E-state index in [9.17, 15) is 4.79 Å². The van der Waals surface area contributed by atoms with Crippen molar-refractivity contribution in [2.24, 2.45) is 0 Å². The lowest BCUT2D eigenvalue weighted by Crippen LogP contribution is -2.36. The molecule has 0 saturated heterocycles. The molecule has 1 amide bonds. The third-order valence-electron chi connectivity index (χ3n) is 3.72. The first kappa shape index (κ1) is 12.7. The van der Waals surface area contributed by atoms with Crippen LogP contribution in [0.15, 0.2) is 30.5 Å². The highest BCUT2D eigenvalue weighted by Crippen LogP contribution is 2.22. The molecule has 0 aliphatic heterocycles. The van der Waals surface area contributed by atoms with Crippen molar-refractivity contribution < 1.29 is 4.79 Å². The fourth-order valence-electron chi connectivity index (χ4n) is 2.69. The van der Waals surface area contributed by atoms with Crippen LogP contribution in [0.25, 0.3) is 0 Å². The number of hydrogen-bond acceptors (Lipinski definition) is 3. The molecule has 3 N–H and O–H groups in total. The van der Waals surface area contributed by atoms with Crippen molar-refractivity contribution in [1.29, 1.82) is 0 Å². The Balaban J connectivity index is 1.70. The van der Waals surface area contributed by atoms with Crippen molar-refractivity contribution in [3.63, 3.8) is 0 Å². The standard InChI is InChI=1S/C15H18N4O/c1-2-19-9-13(16)14(18-19)15(20)17-12-7-10-5-3-4-6-11(10)8-12/h3-6,9,12H,2,7-8,16H2,1H3,(H,17,20). The average molecular weight is 270 g/mol. The van der Waals surface area contributed by atoms with Gasteiger partial charge in [0.15, 0.2) is 5.69 Å². The van der Waals surface area contributed by atoms with Crippen molar-refractivity contribution >= 4 is 11.6 Å². The van der Waals surface area contributed by atoms with E-state index < -0.39 is 0 Å². The zero-order chi connectivity index (χ0) is 14.1. The molecule has 0 spiro atoms. The number of hydrogen-bond donors (Lipinski definition) is 2. The Morgan fingerprint density at radius 3 is 2.60 bits per heavy atom. The fraction of sp³-hybridized carbons (Fsp3) is 0.333. The number of carbonyl (C=O) groups is 1. The molecule has 0 fully saturated rings. The van der Waals surface area contributed by atoms with E-state index >= 15 is 0 Å². The smallest absolute Gasteiger partial charge is 0.274 e. The molecular formula is C15H18N4O. The van der Waals surface area contributed by atoms with Gasteiger partial charge in [0.1, 0.15) is 0 Å². The van der Waals surface area contributed by atoms with Crippen molar-refractivity contribution in [2.75, 3.05) is 5.73 Å². The monoisotopic (exact) mass is 270 g/mol. The number of nitrogens with two attached hydrogens (primary N) is 1. The lowest BCUT2D eigenvalue weighted by molar-refractivity contribution is 0.0933. The Kier molecular flexibility index (Phi) is 3.18. The Morgan fingerprint density at radius 2 is 2.05 bits per heavy atom. The van der Waals surface area contributed by atoms with Crippen molar-refractivity contribution in [2.45, 2.75) is 32.4 Å². The summed E-state index contributed by atoms with van der Waals surface area (Å²) in [6, 6.07) is 8.42. The van der Waals surface area contributed by atoms with Gasteiger partial charge in [-0.3, -0.25) is 9.48 Å². The van der Waals surface area contributed by atoms with Crippen LogP contribution in [0.2, 0.25) is 0 Å². The minimum Gasteiger partial charge on any atom is -0.396 e. The van der Waals surface area contributed by atoms with Crippen LogP contribution in [0.1, 0.15) is 28.5 Å². The Labute approximate surface area is 117 Å². The number of carbonyl (C=O) groups excluding carboxylic acids is 1. The van der Waals surface area contributed by atoms with Crippen molar-refractivity contribution in [3.05, 3.63) is 47.3 Å². The second kappa shape index (κ2) is 5.00. The summed E-state index contributed by atoms with van der Waals surface area (Å²) in [6.45, 7) is 2.66. The van der Waals surface area contributed by atoms with Gasteiger partial charge in [-0.05, 0) is 30.9 Å². The maximum absolute atomic E-state index is 12.2. The largest absolute Gasteiger partial charge is 0.396 e. The molecule has 1 aromatic heterocycles. The van der Waals surface area contributed by atoms with Crippen LogP contribution >= 0.6 is 0 Å². The molecule has 0 radical (unpaired) electrons. The molecule has 5 heteroatoms. The predicted molar refractivity (Wildman–Crippen MR) is 77.4 cm³/mol. The minimum atomic E-state index is -0.187. The summed E-state index contributed by atoms with van der Waals surface area (Å²) in [5.74, 6) is -0.187. The van der Waals surface area contributed by atoms with Gasteiger partial charge in [0.2, 0.25) is 0 Å². The zero-order valence-electron chi connectivity index (χ0n) is 11.5. The number of benzene rings is 1. The zero-order valence-corrected chi connectivity index (χ0v) is 11.5. The summed E-state index contributed by atoms with van der Waals surface area (Å²) in [6.07, 6.45) is 3.44. The summed E-state index contributed by atoms with van der Waals surface area (Å²) < 4.78 is 1.67. The predicted octanol–water partition coefficient (Wildman–Crippen LogP) is 1.38. The van der Waals surface area contributed by atoms with Gasteiger partial charge in [-0.25, -0.2) is 0 Å². The van der Waals surface area contributed by atoms with Gasteiger partial charge in [0.25, 0.3) is 5.91 Å². The molecule has 0 atom stereocenters. The van der Waals surface area contributed by atoms with E-state index in [0.717, 1.165) is 12.8 Å². The maximum Gasteiger partial charge on any atom is 0.274 e. The number of amides is 1. The minimum absolute atomic E-state index is 0.131. The number of fused-ring (bicyclic) bond motifs is 1. The quantitative estimate of drug-likeness (QED) is 0.885. The highest BCUT2D eigenvalue weighted by molar-refractivity contribution is 5.97. The molecule has 2 aromatic rings. The van der Waals surface area contributed by atoms with Crippen LogP contribution in [0.3, 0.4) is 0 Å². The molecule has 104 valence electrons. The molecule has 5 nitrogen and oxygen atoms in total. The first-order valence-electron chi connectivity index (χ1n) is 6.88. The summed E-state index contributed by atoms with van der Waals surface area (Å²) >= 11 is 0. The van der Waals surface area contributed by atoms with Gasteiger partial charge in [-0.15, -0.1) is 0 Å². The molecule has 20 heavy (non-hydrogen) atoms. The van der Waals surface area contributed by atoms with Gasteiger partial charge in [0.05, 0.1) is 5.69 Å². The van der Waals surface area contributed by atoms with Gasteiger partial charge >= 0.3 is 0 Å². The highest BCUT2D eigenvalue weighted by Gasteiger charge is 2.24. The lowest BCUT2D eigenvalue weighted by atomic mass is 10.1. The number of rotatable bonds is 3. The molecule has 1 aromatic carbocycles. The van der Waals surface area contributed by atoms with Crippen LogP contribution in [0.5, 0.6) is 0 Å². The molecule has 1 heterocycles. The van der Waals surface area contributed by atoms with E-state index in [1.165, 1.54) is 11.1 Å².